The van der Waals surface area contributed by atoms with Gasteiger partial charge in [0.1, 0.15) is 0 Å². The van der Waals surface area contributed by atoms with E-state index in [0.29, 0.717) is 18.6 Å². The minimum Gasteiger partial charge on any atom is -0.396 e. The Kier molecular flexibility index (Phi) is 4.70. The van der Waals surface area contributed by atoms with E-state index in [0.717, 1.165) is 30.0 Å². The number of β-amino-alcohol motifs (C(OH)–C–C–N with tert-alkyl or cyclic N) is 1. The molecule has 5 heteroatoms. The Balaban J connectivity index is 1.98. The monoisotopic (exact) mass is 280 g/mol. The van der Waals surface area contributed by atoms with Crippen molar-refractivity contribution in [3.8, 4) is 0 Å². The highest BCUT2D eigenvalue weighted by atomic mass is 16.3. The lowest BCUT2D eigenvalue weighted by Gasteiger charge is -2.29. The maximum Gasteiger partial charge on any atom is 0.0863 e. The summed E-state index contributed by atoms with van der Waals surface area (Å²) in [5.74, 6) is 0. The predicted molar refractivity (Wildman–Crippen MR) is 81.6 cm³/mol. The lowest BCUT2D eigenvalue weighted by molar-refractivity contribution is 0.0717. The third-order valence-corrected chi connectivity index (χ3v) is 4.67. The number of hydrogen-bond donors (Lipinski definition) is 2. The molecule has 0 bridgehead atoms. The molecule has 5 nitrogen and oxygen atoms in total. The lowest BCUT2D eigenvalue weighted by atomic mass is 10.1. The fourth-order valence-corrected chi connectivity index (χ4v) is 3.28. The van der Waals surface area contributed by atoms with Crippen LogP contribution < -0.4 is 5.73 Å². The number of aliphatic hydroxyl groups excluding tert-OH is 1. The van der Waals surface area contributed by atoms with Crippen molar-refractivity contribution >= 4 is 5.69 Å². The maximum absolute atomic E-state index is 10.4. The van der Waals surface area contributed by atoms with Gasteiger partial charge in [-0.1, -0.05) is 6.92 Å². The normalized spacial score (nSPS) is 25.2. The average molecular weight is 280 g/mol. The van der Waals surface area contributed by atoms with E-state index < -0.39 is 6.10 Å². The molecular weight excluding hydrogens is 252 g/mol. The van der Waals surface area contributed by atoms with Crippen molar-refractivity contribution in [3.05, 3.63) is 11.4 Å². The van der Waals surface area contributed by atoms with E-state index in [1.807, 2.05) is 18.5 Å². The Morgan fingerprint density at radius 3 is 2.60 bits per heavy atom. The molecule has 0 saturated carbocycles. The Hall–Kier alpha value is -1.07. The highest BCUT2D eigenvalue weighted by molar-refractivity contribution is 5.46. The van der Waals surface area contributed by atoms with E-state index in [-0.39, 0.29) is 0 Å². The summed E-state index contributed by atoms with van der Waals surface area (Å²) >= 11 is 0. The summed E-state index contributed by atoms with van der Waals surface area (Å²) in [6.45, 7) is 9.57. The van der Waals surface area contributed by atoms with Crippen molar-refractivity contribution in [2.75, 3.05) is 12.3 Å². The molecule has 3 unspecified atom stereocenters. The van der Waals surface area contributed by atoms with Gasteiger partial charge < -0.3 is 10.8 Å². The van der Waals surface area contributed by atoms with Crippen LogP contribution >= 0.6 is 0 Å². The minimum atomic E-state index is -0.401. The first-order chi connectivity index (χ1) is 9.43. The summed E-state index contributed by atoms with van der Waals surface area (Å²) in [7, 11) is 0. The Morgan fingerprint density at radius 2 is 2.05 bits per heavy atom. The lowest BCUT2D eigenvalue weighted by Crippen LogP contribution is -2.41. The second-order valence-corrected chi connectivity index (χ2v) is 6.11. The zero-order valence-electron chi connectivity index (χ0n) is 13.1. The van der Waals surface area contributed by atoms with Gasteiger partial charge in [0.15, 0.2) is 0 Å². The van der Waals surface area contributed by atoms with Gasteiger partial charge in [0, 0.05) is 18.6 Å². The van der Waals surface area contributed by atoms with Crippen LogP contribution in [0.3, 0.4) is 0 Å². The molecule has 1 saturated heterocycles. The number of hydrogen-bond acceptors (Lipinski definition) is 4. The van der Waals surface area contributed by atoms with Crippen molar-refractivity contribution in [1.82, 2.24) is 14.7 Å². The molecule has 0 aliphatic carbocycles. The van der Waals surface area contributed by atoms with Crippen LogP contribution in [-0.2, 0) is 6.54 Å². The summed E-state index contributed by atoms with van der Waals surface area (Å²) in [5.41, 5.74) is 8.46. The SMILES string of the molecule is CCC1CCC(C)N1CC(O)Cn1nc(C)c(N)c1C. The molecule has 3 atom stereocenters. The molecule has 2 heterocycles. The van der Waals surface area contributed by atoms with Crippen molar-refractivity contribution in [2.45, 2.75) is 71.7 Å². The number of likely N-dealkylation sites (tertiary alicyclic amines) is 1. The van der Waals surface area contributed by atoms with E-state index in [1.54, 1.807) is 0 Å². The molecule has 0 spiro atoms. The number of nitrogens with zero attached hydrogens (tertiary/aromatic N) is 3. The fraction of sp³-hybridized carbons (Fsp3) is 0.800. The van der Waals surface area contributed by atoms with E-state index in [4.69, 9.17) is 5.73 Å². The standard InChI is InChI=1S/C15H28N4O/c1-5-13-7-6-10(2)18(13)8-14(20)9-19-12(4)15(16)11(3)17-19/h10,13-14,20H,5-9,16H2,1-4H3. The first-order valence-electron chi connectivity index (χ1n) is 7.67. The fourth-order valence-electron chi connectivity index (χ4n) is 3.28. The maximum atomic E-state index is 10.4. The van der Waals surface area contributed by atoms with Crippen LogP contribution in [0.1, 0.15) is 44.5 Å². The van der Waals surface area contributed by atoms with E-state index >= 15 is 0 Å². The van der Waals surface area contributed by atoms with Crippen LogP contribution in [0, 0.1) is 13.8 Å². The number of nitrogen functional groups attached to an aromatic ring is 1. The van der Waals surface area contributed by atoms with Crippen LogP contribution in [0.25, 0.3) is 0 Å². The van der Waals surface area contributed by atoms with Crippen molar-refractivity contribution in [1.29, 1.82) is 0 Å². The van der Waals surface area contributed by atoms with Crippen LogP contribution in [0.5, 0.6) is 0 Å². The topological polar surface area (TPSA) is 67.3 Å². The minimum absolute atomic E-state index is 0.401. The quantitative estimate of drug-likeness (QED) is 0.861. The first-order valence-corrected chi connectivity index (χ1v) is 7.67. The first kappa shape index (κ1) is 15.3. The van der Waals surface area contributed by atoms with E-state index in [2.05, 4.69) is 23.8 Å². The summed E-state index contributed by atoms with van der Waals surface area (Å²) < 4.78 is 1.83. The number of aliphatic hydroxyl groups is 1. The van der Waals surface area contributed by atoms with Gasteiger partial charge >= 0.3 is 0 Å². The van der Waals surface area contributed by atoms with Crippen molar-refractivity contribution in [2.24, 2.45) is 0 Å². The van der Waals surface area contributed by atoms with Crippen LogP contribution in [-0.4, -0.2) is 44.5 Å². The molecule has 1 aliphatic heterocycles. The highest BCUT2D eigenvalue weighted by Gasteiger charge is 2.30. The molecule has 0 radical (unpaired) electrons. The van der Waals surface area contributed by atoms with Gasteiger partial charge in [-0.25, -0.2) is 0 Å². The largest absolute Gasteiger partial charge is 0.396 e. The smallest absolute Gasteiger partial charge is 0.0863 e. The van der Waals surface area contributed by atoms with E-state index in [1.165, 1.54) is 12.8 Å². The molecule has 1 aromatic rings. The number of rotatable bonds is 5. The summed E-state index contributed by atoms with van der Waals surface area (Å²) in [4.78, 5) is 2.44. The Labute approximate surface area is 121 Å². The van der Waals surface area contributed by atoms with Crippen molar-refractivity contribution in [3.63, 3.8) is 0 Å². The molecule has 3 N–H and O–H groups in total. The molecule has 1 aliphatic rings. The molecule has 20 heavy (non-hydrogen) atoms. The van der Waals surface area contributed by atoms with Gasteiger partial charge in [-0.2, -0.15) is 5.10 Å². The van der Waals surface area contributed by atoms with E-state index in [9.17, 15) is 5.11 Å². The zero-order valence-corrected chi connectivity index (χ0v) is 13.1. The van der Waals surface area contributed by atoms with Crippen LogP contribution in [0.2, 0.25) is 0 Å². The zero-order chi connectivity index (χ0) is 14.9. The average Bonchev–Trinajstić information content (AvgIpc) is 2.87. The van der Waals surface area contributed by atoms with Gasteiger partial charge in [-0.05, 0) is 40.0 Å². The van der Waals surface area contributed by atoms with Crippen LogP contribution in [0.15, 0.2) is 0 Å². The molecule has 2 rings (SSSR count). The molecule has 1 fully saturated rings. The van der Waals surface area contributed by atoms with Gasteiger partial charge in [0.25, 0.3) is 0 Å². The number of aromatic nitrogens is 2. The Bertz CT molecular complexity index is 457. The molecular formula is C15H28N4O. The summed E-state index contributed by atoms with van der Waals surface area (Å²) in [6.07, 6.45) is 3.24. The number of aryl methyl sites for hydroxylation is 1. The molecule has 1 aromatic heterocycles. The third kappa shape index (κ3) is 2.99. The second kappa shape index (κ2) is 6.14. The number of anilines is 1. The van der Waals surface area contributed by atoms with Gasteiger partial charge in [0.05, 0.1) is 29.7 Å². The highest BCUT2D eigenvalue weighted by Crippen LogP contribution is 2.26. The second-order valence-electron chi connectivity index (χ2n) is 6.11. The summed E-state index contributed by atoms with van der Waals surface area (Å²) in [6, 6.07) is 1.19. The van der Waals surface area contributed by atoms with Gasteiger partial charge in [-0.3, -0.25) is 9.58 Å². The summed E-state index contributed by atoms with van der Waals surface area (Å²) in [5, 5.41) is 14.8. The van der Waals surface area contributed by atoms with Gasteiger partial charge in [0.2, 0.25) is 0 Å². The molecule has 114 valence electrons. The molecule has 0 amide bonds. The Morgan fingerprint density at radius 1 is 1.35 bits per heavy atom. The predicted octanol–water partition coefficient (Wildman–Crippen LogP) is 1.71. The van der Waals surface area contributed by atoms with Crippen LogP contribution in [0.4, 0.5) is 5.69 Å². The molecule has 0 aromatic carbocycles. The van der Waals surface area contributed by atoms with Gasteiger partial charge in [-0.15, -0.1) is 0 Å². The number of nitrogens with two attached hydrogens (primary N) is 1. The van der Waals surface area contributed by atoms with Crippen molar-refractivity contribution < 1.29 is 5.11 Å². The third-order valence-electron chi connectivity index (χ3n) is 4.67.